The Hall–Kier alpha value is -9.00. The van der Waals surface area contributed by atoms with Crippen molar-refractivity contribution in [2.75, 3.05) is 0 Å². The van der Waals surface area contributed by atoms with Crippen LogP contribution >= 0.6 is 0 Å². The van der Waals surface area contributed by atoms with Gasteiger partial charge in [-0.15, -0.1) is 0 Å². The molecule has 0 bridgehead atoms. The average Bonchev–Trinajstić information content (AvgIpc) is 3.92. The predicted molar refractivity (Wildman–Crippen MR) is 271 cm³/mol. The van der Waals surface area contributed by atoms with Crippen molar-refractivity contribution in [1.29, 1.82) is 0 Å². The monoisotopic (exact) mass is 842 g/mol. The number of nitrogens with zero attached hydrogens (tertiary/aromatic N) is 6. The Morgan fingerprint density at radius 1 is 0.273 bits per heavy atom. The zero-order chi connectivity index (χ0) is 43.6. The number of aromatic nitrogens is 6. The lowest BCUT2D eigenvalue weighted by Crippen LogP contribution is -1.97. The quantitative estimate of drug-likeness (QED) is 0.160. The van der Waals surface area contributed by atoms with Gasteiger partial charge in [0.15, 0.2) is 11.6 Å². The molecule has 13 rings (SSSR count). The van der Waals surface area contributed by atoms with Gasteiger partial charge in [0, 0.05) is 66.1 Å². The van der Waals surface area contributed by atoms with Crippen molar-refractivity contribution >= 4 is 54.5 Å². The number of fused-ring (bicyclic) bond motifs is 8. The van der Waals surface area contributed by atoms with Crippen molar-refractivity contribution in [3.05, 3.63) is 231 Å². The van der Waals surface area contributed by atoms with Gasteiger partial charge in [-0.05, 0) is 84.9 Å². The van der Waals surface area contributed by atoms with Gasteiger partial charge in [-0.25, -0.2) is 19.9 Å². The molecule has 0 saturated heterocycles. The second-order valence-corrected chi connectivity index (χ2v) is 16.6. The molecule has 0 saturated carbocycles. The van der Waals surface area contributed by atoms with Gasteiger partial charge >= 0.3 is 0 Å². The first-order valence-electron chi connectivity index (χ1n) is 22.2. The Labute approximate surface area is 380 Å². The Morgan fingerprint density at radius 3 is 1.18 bits per heavy atom. The third-order valence-corrected chi connectivity index (χ3v) is 12.8. The zero-order valence-corrected chi connectivity index (χ0v) is 35.6. The highest BCUT2D eigenvalue weighted by Gasteiger charge is 2.21. The van der Waals surface area contributed by atoms with Crippen molar-refractivity contribution in [1.82, 2.24) is 29.1 Å². The molecule has 0 fully saturated rings. The summed E-state index contributed by atoms with van der Waals surface area (Å²) in [5.41, 5.74) is 15.5. The van der Waals surface area contributed by atoms with Gasteiger partial charge in [-0.3, -0.25) is 0 Å². The second kappa shape index (κ2) is 15.4. The molecule has 0 atom stereocenters. The number of hydrogen-bond acceptors (Lipinski definition) is 4. The van der Waals surface area contributed by atoms with Gasteiger partial charge in [0.25, 0.3) is 0 Å². The van der Waals surface area contributed by atoms with Crippen LogP contribution in [0.2, 0.25) is 0 Å². The Morgan fingerprint density at radius 2 is 0.682 bits per heavy atom. The average molecular weight is 843 g/mol. The normalized spacial score (nSPS) is 11.6. The van der Waals surface area contributed by atoms with Crippen LogP contribution in [-0.2, 0) is 0 Å². The largest absolute Gasteiger partial charge is 0.309 e. The van der Waals surface area contributed by atoms with Gasteiger partial charge in [-0.2, -0.15) is 0 Å². The van der Waals surface area contributed by atoms with Gasteiger partial charge in [0.1, 0.15) is 0 Å². The minimum atomic E-state index is 0.688. The summed E-state index contributed by atoms with van der Waals surface area (Å²) in [7, 11) is 0. The number of hydrogen-bond donors (Lipinski definition) is 0. The fourth-order valence-corrected chi connectivity index (χ4v) is 9.71. The third kappa shape index (κ3) is 6.19. The van der Waals surface area contributed by atoms with E-state index in [9.17, 15) is 0 Å². The molecule has 4 heterocycles. The first kappa shape index (κ1) is 37.5. The molecule has 0 amide bonds. The molecular formula is C60H38N6. The number of para-hydroxylation sites is 3. The molecule has 0 aliphatic heterocycles. The minimum Gasteiger partial charge on any atom is -0.309 e. The highest BCUT2D eigenvalue weighted by molar-refractivity contribution is 6.29. The van der Waals surface area contributed by atoms with Crippen LogP contribution in [0, 0.1) is 0 Å². The second-order valence-electron chi connectivity index (χ2n) is 16.6. The van der Waals surface area contributed by atoms with Crippen molar-refractivity contribution < 1.29 is 0 Å². The number of rotatable bonds is 7. The molecule has 6 heteroatoms. The molecule has 9 aromatic carbocycles. The van der Waals surface area contributed by atoms with Gasteiger partial charge < -0.3 is 9.13 Å². The lowest BCUT2D eigenvalue weighted by Gasteiger charge is -2.12. The molecule has 6 nitrogen and oxygen atoms in total. The number of benzene rings is 9. The molecule has 308 valence electrons. The maximum Gasteiger partial charge on any atom is 0.160 e. The van der Waals surface area contributed by atoms with Crippen LogP contribution in [0.5, 0.6) is 0 Å². The summed E-state index contributed by atoms with van der Waals surface area (Å²) >= 11 is 0. The maximum absolute atomic E-state index is 5.15. The predicted octanol–water partition coefficient (Wildman–Crippen LogP) is 14.9. The molecule has 4 aromatic heterocycles. The van der Waals surface area contributed by atoms with E-state index in [4.69, 9.17) is 19.9 Å². The summed E-state index contributed by atoms with van der Waals surface area (Å²) in [6.07, 6.45) is 0. The van der Waals surface area contributed by atoms with Crippen molar-refractivity contribution in [3.63, 3.8) is 0 Å². The molecule has 0 unspecified atom stereocenters. The van der Waals surface area contributed by atoms with Gasteiger partial charge in [0.2, 0.25) is 0 Å². The smallest absolute Gasteiger partial charge is 0.160 e. The molecule has 0 radical (unpaired) electrons. The van der Waals surface area contributed by atoms with Gasteiger partial charge in [0.05, 0.1) is 44.7 Å². The molecule has 0 N–H and O–H groups in total. The molecule has 13 aromatic rings. The topological polar surface area (TPSA) is 61.4 Å². The summed E-state index contributed by atoms with van der Waals surface area (Å²) in [6.45, 7) is 0. The summed E-state index contributed by atoms with van der Waals surface area (Å²) < 4.78 is 4.78. The first-order valence-corrected chi connectivity index (χ1v) is 22.2. The Bertz CT molecular complexity index is 3890. The molecule has 0 spiro atoms. The summed E-state index contributed by atoms with van der Waals surface area (Å²) in [4.78, 5) is 20.4. The van der Waals surface area contributed by atoms with E-state index >= 15 is 0 Å². The van der Waals surface area contributed by atoms with Crippen molar-refractivity contribution in [2.45, 2.75) is 0 Å². The van der Waals surface area contributed by atoms with Crippen LogP contribution in [0.4, 0.5) is 0 Å². The summed E-state index contributed by atoms with van der Waals surface area (Å²) in [6, 6.07) is 80.8. The van der Waals surface area contributed by atoms with Crippen LogP contribution in [0.3, 0.4) is 0 Å². The van der Waals surface area contributed by atoms with Crippen LogP contribution in [-0.4, -0.2) is 29.1 Å². The Kier molecular flexibility index (Phi) is 8.74. The fraction of sp³-hybridized carbons (Fsp3) is 0. The van der Waals surface area contributed by atoms with E-state index in [-0.39, 0.29) is 0 Å². The lowest BCUT2D eigenvalue weighted by atomic mass is 10.1. The van der Waals surface area contributed by atoms with E-state index in [1.807, 2.05) is 54.6 Å². The van der Waals surface area contributed by atoms with Crippen molar-refractivity contribution in [3.8, 4) is 67.9 Å². The van der Waals surface area contributed by atoms with Gasteiger partial charge in [-0.1, -0.05) is 146 Å². The van der Waals surface area contributed by atoms with E-state index in [2.05, 4.69) is 185 Å². The SMILES string of the molecule is c1ccc(-c2cc(-c3ccccc3)nc(-c3ccc(-n4c5ccccc5c5c6c7ccccc7n(-c7ccc(-c8nc(-c9ccccc9)c9ccccc9n8)cc7)c6ccc54)cc3)n2)cc1. The summed E-state index contributed by atoms with van der Waals surface area (Å²) in [5, 5.41) is 5.90. The highest BCUT2D eigenvalue weighted by atomic mass is 15.0. The van der Waals surface area contributed by atoms with E-state index < -0.39 is 0 Å². The third-order valence-electron chi connectivity index (χ3n) is 12.8. The van der Waals surface area contributed by atoms with E-state index in [0.29, 0.717) is 11.6 Å². The standard InChI is InChI=1S/C60H38N6/c1-4-16-39(17-5-1)50-38-51(40-18-6-2-7-19-40)63-59(62-50)42-28-32-44(33-29-42)65-52-26-14-11-23-47(52)56-54(65)36-37-55-57(56)48-24-12-15-27-53(48)66(55)45-34-30-43(31-35-45)60-61-49-25-13-10-22-46(49)58(64-60)41-20-8-3-9-21-41/h1-38H. The lowest BCUT2D eigenvalue weighted by molar-refractivity contribution is 1.16. The van der Waals surface area contributed by atoms with Crippen LogP contribution in [0.1, 0.15) is 0 Å². The van der Waals surface area contributed by atoms with Crippen molar-refractivity contribution in [2.24, 2.45) is 0 Å². The van der Waals surface area contributed by atoms with Crippen LogP contribution in [0.15, 0.2) is 231 Å². The molecular weight excluding hydrogens is 805 g/mol. The van der Waals surface area contributed by atoms with E-state index in [0.717, 1.165) is 89.2 Å². The van der Waals surface area contributed by atoms with E-state index in [1.54, 1.807) is 0 Å². The Balaban J connectivity index is 0.930. The zero-order valence-electron chi connectivity index (χ0n) is 35.6. The maximum atomic E-state index is 5.15. The highest BCUT2D eigenvalue weighted by Crippen LogP contribution is 2.43. The van der Waals surface area contributed by atoms with Crippen LogP contribution < -0.4 is 0 Å². The summed E-state index contributed by atoms with van der Waals surface area (Å²) in [5.74, 6) is 1.39. The minimum absolute atomic E-state index is 0.688. The molecule has 0 aliphatic carbocycles. The molecule has 0 aliphatic rings. The molecule has 66 heavy (non-hydrogen) atoms. The fourth-order valence-electron chi connectivity index (χ4n) is 9.71. The first-order chi connectivity index (χ1) is 32.7. The van der Waals surface area contributed by atoms with Crippen LogP contribution in [0.25, 0.3) is 122 Å². The van der Waals surface area contributed by atoms with E-state index in [1.165, 1.54) is 21.5 Å².